The number of hydrogen-bond donors (Lipinski definition) is 0. The molecule has 0 unspecified atom stereocenters. The van der Waals surface area contributed by atoms with Gasteiger partial charge in [-0.15, -0.1) is 0 Å². The molecule has 1 saturated carbocycles. The molecule has 0 bridgehead atoms. The maximum Gasteiger partial charge on any atom is 0.416 e. The number of halogens is 3. The number of fused-ring (bicyclic) bond motifs is 1. The summed E-state index contributed by atoms with van der Waals surface area (Å²) in [6.07, 6.45) is 1.60. The van der Waals surface area contributed by atoms with E-state index in [1.54, 1.807) is 0 Å². The maximum atomic E-state index is 13.9. The van der Waals surface area contributed by atoms with Crippen molar-refractivity contribution in [1.29, 1.82) is 0 Å². The maximum absolute atomic E-state index is 13.9. The predicted molar refractivity (Wildman–Crippen MR) is 125 cm³/mol. The molecule has 0 aliphatic heterocycles. The van der Waals surface area contributed by atoms with Crippen molar-refractivity contribution in [3.63, 3.8) is 0 Å². The minimum Gasteiger partial charge on any atom is -0.294 e. The third-order valence-electron chi connectivity index (χ3n) is 7.16. The second-order valence-electron chi connectivity index (χ2n) is 10.9. The van der Waals surface area contributed by atoms with Gasteiger partial charge >= 0.3 is 6.18 Å². The Bertz CT molecular complexity index is 1110. The number of benzene rings is 1. The van der Waals surface area contributed by atoms with E-state index >= 15 is 0 Å². The molecular weight excluding hydrogens is 439 g/mol. The standard InChI is InChI=1S/C28H32F3NO2/c1-16(2)25-24(26(34)18-10-12-19(13-11-18)28(29,30)31)22(17-8-6-5-7-9-17)23-20(32-25)14-27(3,4)15-21(23)33/h10-13,16-17H,5-9,14-15H2,1-4H3. The van der Waals surface area contributed by atoms with Gasteiger partial charge in [0.2, 0.25) is 0 Å². The van der Waals surface area contributed by atoms with Crippen LogP contribution < -0.4 is 0 Å². The van der Waals surface area contributed by atoms with Gasteiger partial charge in [-0.3, -0.25) is 14.6 Å². The lowest BCUT2D eigenvalue weighted by Crippen LogP contribution is -2.32. The number of Topliss-reactive ketones (excluding diaryl/α,β-unsaturated/α-hetero) is 1. The smallest absolute Gasteiger partial charge is 0.294 e. The van der Waals surface area contributed by atoms with Gasteiger partial charge in [0.25, 0.3) is 0 Å². The van der Waals surface area contributed by atoms with Crippen LogP contribution in [0, 0.1) is 5.41 Å². The highest BCUT2D eigenvalue weighted by Gasteiger charge is 2.39. The van der Waals surface area contributed by atoms with Gasteiger partial charge in [-0.05, 0) is 54.2 Å². The number of carbonyl (C=O) groups is 2. The molecule has 1 heterocycles. The van der Waals surface area contributed by atoms with Gasteiger partial charge in [0.15, 0.2) is 11.6 Å². The first-order valence-corrected chi connectivity index (χ1v) is 12.2. The fraction of sp³-hybridized carbons (Fsp3) is 0.536. The molecule has 0 spiro atoms. The molecule has 34 heavy (non-hydrogen) atoms. The van der Waals surface area contributed by atoms with Crippen LogP contribution in [0.3, 0.4) is 0 Å². The minimum atomic E-state index is -4.47. The van der Waals surface area contributed by atoms with Crippen LogP contribution in [0.2, 0.25) is 0 Å². The lowest BCUT2D eigenvalue weighted by atomic mass is 9.69. The Hall–Kier alpha value is -2.50. The van der Waals surface area contributed by atoms with Crippen molar-refractivity contribution in [2.24, 2.45) is 5.41 Å². The summed E-state index contributed by atoms with van der Waals surface area (Å²) in [6.45, 7) is 8.07. The average Bonchev–Trinajstić information content (AvgIpc) is 2.76. The van der Waals surface area contributed by atoms with Gasteiger partial charge in [-0.25, -0.2) is 0 Å². The van der Waals surface area contributed by atoms with Gasteiger partial charge in [0.05, 0.1) is 17.0 Å². The molecule has 2 aliphatic carbocycles. The van der Waals surface area contributed by atoms with Crippen LogP contribution in [-0.2, 0) is 12.6 Å². The number of ketones is 2. The van der Waals surface area contributed by atoms with E-state index in [0.717, 1.165) is 55.5 Å². The number of nitrogens with zero attached hydrogens (tertiary/aromatic N) is 1. The fourth-order valence-corrected chi connectivity index (χ4v) is 5.56. The summed E-state index contributed by atoms with van der Waals surface area (Å²) in [7, 11) is 0. The summed E-state index contributed by atoms with van der Waals surface area (Å²) < 4.78 is 39.2. The molecule has 0 atom stereocenters. The van der Waals surface area contributed by atoms with Crippen LogP contribution in [0.1, 0.15) is 127 Å². The van der Waals surface area contributed by atoms with Gasteiger partial charge in [0, 0.05) is 23.1 Å². The zero-order valence-corrected chi connectivity index (χ0v) is 20.3. The Morgan fingerprint density at radius 1 is 1.03 bits per heavy atom. The fourth-order valence-electron chi connectivity index (χ4n) is 5.56. The van der Waals surface area contributed by atoms with E-state index in [9.17, 15) is 22.8 Å². The Morgan fingerprint density at radius 3 is 2.21 bits per heavy atom. The van der Waals surface area contributed by atoms with Crippen LogP contribution in [0.25, 0.3) is 0 Å². The van der Waals surface area contributed by atoms with Gasteiger partial charge < -0.3 is 0 Å². The van der Waals surface area contributed by atoms with Crippen molar-refractivity contribution >= 4 is 11.6 Å². The first kappa shape index (κ1) is 24.6. The molecule has 2 aromatic rings. The monoisotopic (exact) mass is 471 g/mol. The summed E-state index contributed by atoms with van der Waals surface area (Å²) in [5.74, 6) is -0.301. The third-order valence-corrected chi connectivity index (χ3v) is 7.16. The zero-order valence-electron chi connectivity index (χ0n) is 20.3. The molecule has 1 aromatic carbocycles. The van der Waals surface area contributed by atoms with Gasteiger partial charge in [0.1, 0.15) is 0 Å². The number of alkyl halides is 3. The van der Waals surface area contributed by atoms with Crippen LogP contribution in [-0.4, -0.2) is 16.6 Å². The van der Waals surface area contributed by atoms with Crippen molar-refractivity contribution in [3.8, 4) is 0 Å². The van der Waals surface area contributed by atoms with Gasteiger partial charge in [-0.1, -0.05) is 59.1 Å². The van der Waals surface area contributed by atoms with Crippen molar-refractivity contribution in [3.05, 3.63) is 63.5 Å². The number of aromatic nitrogens is 1. The van der Waals surface area contributed by atoms with E-state index in [4.69, 9.17) is 4.98 Å². The topological polar surface area (TPSA) is 47.0 Å². The SMILES string of the molecule is CC(C)c1nc2c(c(C3CCCCC3)c1C(=O)c1ccc(C(F)(F)F)cc1)C(=O)CC(C)(C)C2. The first-order valence-electron chi connectivity index (χ1n) is 12.2. The van der Waals surface area contributed by atoms with Crippen molar-refractivity contribution in [1.82, 2.24) is 4.98 Å². The zero-order chi connectivity index (χ0) is 24.8. The predicted octanol–water partition coefficient (Wildman–Crippen LogP) is 7.66. The van der Waals surface area contributed by atoms with E-state index in [0.29, 0.717) is 29.7 Å². The number of carbonyl (C=O) groups excluding carboxylic acids is 2. The molecule has 0 amide bonds. The summed E-state index contributed by atoms with van der Waals surface area (Å²) in [6, 6.07) is 4.37. The molecule has 0 radical (unpaired) electrons. The summed E-state index contributed by atoms with van der Waals surface area (Å²) in [4.78, 5) is 32.2. The molecular formula is C28H32F3NO2. The number of pyridine rings is 1. The second kappa shape index (κ2) is 8.94. The molecule has 2 aliphatic rings. The van der Waals surface area contributed by atoms with Gasteiger partial charge in [-0.2, -0.15) is 13.2 Å². The molecule has 1 aromatic heterocycles. The molecule has 3 nitrogen and oxygen atoms in total. The van der Waals surface area contributed by atoms with E-state index in [2.05, 4.69) is 13.8 Å². The summed E-state index contributed by atoms with van der Waals surface area (Å²) in [5, 5.41) is 0. The van der Waals surface area contributed by atoms with E-state index < -0.39 is 11.7 Å². The average molecular weight is 472 g/mol. The molecule has 182 valence electrons. The second-order valence-corrected chi connectivity index (χ2v) is 10.9. The van der Waals surface area contributed by atoms with Crippen LogP contribution in [0.15, 0.2) is 24.3 Å². The Balaban J connectivity index is 1.94. The van der Waals surface area contributed by atoms with E-state index in [1.165, 1.54) is 12.1 Å². The quantitative estimate of drug-likeness (QED) is 0.430. The molecule has 0 N–H and O–H groups in total. The molecule has 4 rings (SSSR count). The van der Waals surface area contributed by atoms with Crippen LogP contribution >= 0.6 is 0 Å². The van der Waals surface area contributed by atoms with Crippen LogP contribution in [0.4, 0.5) is 13.2 Å². The third kappa shape index (κ3) is 4.69. The number of rotatable bonds is 4. The minimum absolute atomic E-state index is 0.0242. The van der Waals surface area contributed by atoms with Crippen molar-refractivity contribution < 1.29 is 22.8 Å². The largest absolute Gasteiger partial charge is 0.416 e. The Morgan fingerprint density at radius 2 is 1.65 bits per heavy atom. The highest BCUT2D eigenvalue weighted by Crippen LogP contribution is 2.44. The normalized spacial score (nSPS) is 18.8. The van der Waals surface area contributed by atoms with E-state index in [-0.39, 0.29) is 34.4 Å². The lowest BCUT2D eigenvalue weighted by Gasteiger charge is -2.35. The molecule has 1 fully saturated rings. The first-order chi connectivity index (χ1) is 15.9. The summed E-state index contributed by atoms with van der Waals surface area (Å²) in [5.41, 5.74) is 2.47. The number of hydrogen-bond acceptors (Lipinski definition) is 3. The summed E-state index contributed by atoms with van der Waals surface area (Å²) >= 11 is 0. The van der Waals surface area contributed by atoms with Crippen molar-refractivity contribution in [2.75, 3.05) is 0 Å². The van der Waals surface area contributed by atoms with Crippen molar-refractivity contribution in [2.45, 2.75) is 90.7 Å². The molecule has 6 heteroatoms. The van der Waals surface area contributed by atoms with E-state index in [1.807, 2.05) is 13.8 Å². The lowest BCUT2D eigenvalue weighted by molar-refractivity contribution is -0.137. The Labute approximate surface area is 199 Å². The molecule has 0 saturated heterocycles. The van der Waals surface area contributed by atoms with Crippen LogP contribution in [0.5, 0.6) is 0 Å². The highest BCUT2D eigenvalue weighted by molar-refractivity contribution is 6.13. The highest BCUT2D eigenvalue weighted by atomic mass is 19.4. The Kier molecular flexibility index (Phi) is 6.47.